The predicted molar refractivity (Wildman–Crippen MR) is 188 cm³/mol. The standard InChI is InChI=1S/C24H30Br4O6.C8H6O4/c1-14-15(2)17(4)21(25)20(16(14)3)19-8-6-5-7-18(19)13-22(33-11-9-29,34-12-10-30)23(26,27)24(28,31)32;9-7(10)5-1-2-6(4-3-5)8(11)12/h5-8,29-32H,9-13H2,1-4H3;1-4H,(H,9,10)(H,11,12). The fourth-order valence-corrected chi connectivity index (χ4v) is 6.46. The molecule has 0 unspecified atom stereocenters. The Morgan fingerprint density at radius 3 is 1.57 bits per heavy atom. The second kappa shape index (κ2) is 17.1. The van der Waals surface area contributed by atoms with Crippen LogP contribution in [0.5, 0.6) is 0 Å². The van der Waals surface area contributed by atoms with Gasteiger partial charge in [-0.15, -0.1) is 0 Å². The minimum Gasteiger partial charge on any atom is -0.478 e. The number of carbonyl (C=O) groups is 2. The van der Waals surface area contributed by atoms with Gasteiger partial charge in [0.05, 0.1) is 37.6 Å². The summed E-state index contributed by atoms with van der Waals surface area (Å²) in [5.74, 6) is -3.89. The third kappa shape index (κ3) is 9.24. The Hall–Kier alpha value is -1.72. The summed E-state index contributed by atoms with van der Waals surface area (Å²) < 4.78 is 8.55. The van der Waals surface area contributed by atoms with E-state index in [1.165, 1.54) is 35.4 Å². The number of alkyl halides is 3. The number of aromatic carboxylic acids is 2. The van der Waals surface area contributed by atoms with E-state index in [4.69, 9.17) is 19.7 Å². The number of rotatable bonds is 13. The van der Waals surface area contributed by atoms with Gasteiger partial charge in [0.15, 0.2) is 3.23 Å². The molecule has 3 rings (SSSR count). The number of hydrogen-bond donors (Lipinski definition) is 6. The number of aliphatic hydroxyl groups is 4. The summed E-state index contributed by atoms with van der Waals surface area (Å²) in [6, 6.07) is 12.7. The monoisotopic (exact) mass is 896 g/mol. The normalized spacial score (nSPS) is 12.0. The van der Waals surface area contributed by atoms with E-state index in [1.54, 1.807) is 0 Å². The highest BCUT2D eigenvalue weighted by Crippen LogP contribution is 2.53. The SMILES string of the molecule is Cc1c(C)c(C)c(-c2ccccc2CC(OCCO)(OCCO)C(Br)(Br)C(O)(O)Br)c(Br)c1C.O=C(O)c1ccc(C(=O)O)cc1. The minimum atomic E-state index is -2.53. The van der Waals surface area contributed by atoms with Crippen LogP contribution in [-0.2, 0) is 15.9 Å². The van der Waals surface area contributed by atoms with Crippen molar-refractivity contribution in [2.45, 2.75) is 47.8 Å². The first kappa shape index (κ1) is 40.5. The second-order valence-electron chi connectivity index (χ2n) is 10.3. The molecule has 3 aromatic carbocycles. The first-order chi connectivity index (χ1) is 21.4. The smallest absolute Gasteiger partial charge is 0.335 e. The number of carboxylic acid groups (broad SMARTS) is 2. The maximum atomic E-state index is 10.5. The summed E-state index contributed by atoms with van der Waals surface area (Å²) in [6.07, 6.45) is 0.0337. The first-order valence-electron chi connectivity index (χ1n) is 13.8. The summed E-state index contributed by atoms with van der Waals surface area (Å²) >= 11 is 13.3. The van der Waals surface area contributed by atoms with Gasteiger partial charge < -0.3 is 40.1 Å². The van der Waals surface area contributed by atoms with Gasteiger partial charge in [-0.3, -0.25) is 0 Å². The van der Waals surface area contributed by atoms with E-state index in [0.717, 1.165) is 32.3 Å². The van der Waals surface area contributed by atoms with Crippen molar-refractivity contribution in [3.8, 4) is 11.1 Å². The molecule has 6 N–H and O–H groups in total. The molecule has 252 valence electrons. The van der Waals surface area contributed by atoms with Crippen LogP contribution in [0.1, 0.15) is 48.5 Å². The van der Waals surface area contributed by atoms with Crippen molar-refractivity contribution in [2.75, 3.05) is 26.4 Å². The van der Waals surface area contributed by atoms with Crippen molar-refractivity contribution >= 4 is 75.7 Å². The molecule has 46 heavy (non-hydrogen) atoms. The fourth-order valence-electron chi connectivity index (χ4n) is 4.61. The zero-order valence-corrected chi connectivity index (χ0v) is 31.8. The zero-order valence-electron chi connectivity index (χ0n) is 25.5. The van der Waals surface area contributed by atoms with Crippen molar-refractivity contribution < 1.29 is 49.7 Å². The number of ether oxygens (including phenoxy) is 2. The molecule has 0 saturated carbocycles. The molecule has 0 aliphatic heterocycles. The van der Waals surface area contributed by atoms with Gasteiger partial charge in [0, 0.05) is 10.9 Å². The molecule has 0 radical (unpaired) electrons. The molecule has 0 saturated heterocycles. The predicted octanol–water partition coefficient (Wildman–Crippen LogP) is 6.21. The molecule has 0 amide bonds. The molecule has 0 fully saturated rings. The number of carboxylic acids is 2. The number of aliphatic hydroxyl groups excluding tert-OH is 2. The minimum absolute atomic E-state index is 0.0337. The van der Waals surface area contributed by atoms with Crippen LogP contribution in [0.25, 0.3) is 11.1 Å². The summed E-state index contributed by atoms with van der Waals surface area (Å²) in [5.41, 5.74) is 7.53. The van der Waals surface area contributed by atoms with Crippen LogP contribution in [-0.4, -0.2) is 82.7 Å². The van der Waals surface area contributed by atoms with E-state index in [1.807, 2.05) is 24.3 Å². The van der Waals surface area contributed by atoms with Crippen LogP contribution < -0.4 is 0 Å². The maximum absolute atomic E-state index is 10.5. The number of hydrogen-bond acceptors (Lipinski definition) is 8. The Bertz CT molecular complexity index is 1450. The van der Waals surface area contributed by atoms with Crippen LogP contribution in [0.15, 0.2) is 53.0 Å². The van der Waals surface area contributed by atoms with Gasteiger partial charge in [-0.25, -0.2) is 9.59 Å². The Morgan fingerprint density at radius 1 is 0.717 bits per heavy atom. The maximum Gasteiger partial charge on any atom is 0.335 e. The van der Waals surface area contributed by atoms with Crippen LogP contribution in [0.2, 0.25) is 0 Å². The van der Waals surface area contributed by atoms with Crippen molar-refractivity contribution in [2.24, 2.45) is 0 Å². The van der Waals surface area contributed by atoms with E-state index in [0.29, 0.717) is 0 Å². The fraction of sp³-hybridized carbons (Fsp3) is 0.375. The van der Waals surface area contributed by atoms with E-state index < -0.39 is 25.7 Å². The van der Waals surface area contributed by atoms with E-state index in [2.05, 4.69) is 91.4 Å². The number of halogens is 4. The van der Waals surface area contributed by atoms with E-state index in [9.17, 15) is 30.0 Å². The van der Waals surface area contributed by atoms with Gasteiger partial charge in [-0.1, -0.05) is 56.1 Å². The lowest BCUT2D eigenvalue weighted by Gasteiger charge is -2.46. The molecule has 0 aliphatic carbocycles. The molecule has 3 aromatic rings. The lowest BCUT2D eigenvalue weighted by atomic mass is 9.87. The van der Waals surface area contributed by atoms with Crippen LogP contribution in [0.3, 0.4) is 0 Å². The average molecular weight is 900 g/mol. The Labute approximate surface area is 300 Å². The van der Waals surface area contributed by atoms with Crippen molar-refractivity contribution in [3.63, 3.8) is 0 Å². The number of benzene rings is 3. The van der Waals surface area contributed by atoms with Gasteiger partial charge in [0.1, 0.15) is 0 Å². The molecule has 0 aliphatic rings. The molecule has 0 aromatic heterocycles. The average Bonchev–Trinajstić information content (AvgIpc) is 3.01. The first-order valence-corrected chi connectivity index (χ1v) is 17.0. The van der Waals surface area contributed by atoms with Crippen LogP contribution >= 0.6 is 63.7 Å². The van der Waals surface area contributed by atoms with Gasteiger partial charge in [-0.05, 0) is 123 Å². The highest BCUT2D eigenvalue weighted by Gasteiger charge is 2.62. The molecule has 0 heterocycles. The molecule has 0 spiro atoms. The summed E-state index contributed by atoms with van der Waals surface area (Å²) in [4.78, 5) is 20.7. The summed E-state index contributed by atoms with van der Waals surface area (Å²) in [6.45, 7) is 7.37. The Balaban J connectivity index is 0.000000512. The summed E-state index contributed by atoms with van der Waals surface area (Å²) in [7, 11) is 0. The largest absolute Gasteiger partial charge is 0.478 e. The van der Waals surface area contributed by atoms with Crippen LogP contribution in [0, 0.1) is 27.7 Å². The van der Waals surface area contributed by atoms with Gasteiger partial charge in [-0.2, -0.15) is 0 Å². The van der Waals surface area contributed by atoms with E-state index in [-0.39, 0.29) is 44.0 Å². The second-order valence-corrected chi connectivity index (χ2v) is 15.6. The van der Waals surface area contributed by atoms with Gasteiger partial charge in [0.25, 0.3) is 4.70 Å². The molecule has 14 heteroatoms. The molecule has 10 nitrogen and oxygen atoms in total. The van der Waals surface area contributed by atoms with Crippen molar-refractivity contribution in [3.05, 3.63) is 91.9 Å². The Kier molecular flexibility index (Phi) is 15.0. The topological polar surface area (TPSA) is 174 Å². The highest BCUT2D eigenvalue weighted by molar-refractivity contribution is 9.26. The quantitative estimate of drug-likeness (QED) is 0.0856. The van der Waals surface area contributed by atoms with Gasteiger partial charge >= 0.3 is 11.9 Å². The molecule has 0 bridgehead atoms. The third-order valence-corrected chi connectivity index (χ3v) is 12.4. The molecule has 0 atom stereocenters. The highest BCUT2D eigenvalue weighted by atomic mass is 79.9. The third-order valence-electron chi connectivity index (χ3n) is 7.43. The lowest BCUT2D eigenvalue weighted by molar-refractivity contribution is -0.274. The Morgan fingerprint density at radius 2 is 1.15 bits per heavy atom. The van der Waals surface area contributed by atoms with E-state index >= 15 is 0 Å². The lowest BCUT2D eigenvalue weighted by Crippen LogP contribution is -2.62. The zero-order chi connectivity index (χ0) is 35.0. The van der Waals surface area contributed by atoms with Crippen molar-refractivity contribution in [1.29, 1.82) is 0 Å². The van der Waals surface area contributed by atoms with Crippen molar-refractivity contribution in [1.82, 2.24) is 0 Å². The molecular formula is C32H36Br4O10. The van der Waals surface area contributed by atoms with Gasteiger partial charge in [0.2, 0.25) is 5.79 Å². The molecular weight excluding hydrogens is 864 g/mol. The summed E-state index contributed by atoms with van der Waals surface area (Å²) in [5, 5.41) is 56.9. The van der Waals surface area contributed by atoms with Crippen LogP contribution in [0.4, 0.5) is 0 Å².